The van der Waals surface area contributed by atoms with Gasteiger partial charge in [0.1, 0.15) is 17.4 Å². The summed E-state index contributed by atoms with van der Waals surface area (Å²) in [5.74, 6) is -0.465. The smallest absolute Gasteiger partial charge is 0.267 e. The molecule has 3 heterocycles. The second kappa shape index (κ2) is 8.36. The summed E-state index contributed by atoms with van der Waals surface area (Å²) in [6.45, 7) is 2.26. The number of nitrogens with zero attached hydrogens (tertiary/aromatic N) is 3. The van der Waals surface area contributed by atoms with E-state index < -0.39 is 5.91 Å². The van der Waals surface area contributed by atoms with Gasteiger partial charge in [0, 0.05) is 6.20 Å². The van der Waals surface area contributed by atoms with E-state index in [1.165, 1.54) is 22.5 Å². The molecule has 3 aromatic heterocycles. The summed E-state index contributed by atoms with van der Waals surface area (Å²) in [5, 5.41) is 0.887. The number of carbonyl (C=O) groups is 1. The maximum absolute atomic E-state index is 13.7. The number of aromatic nitrogens is 2. The zero-order chi connectivity index (χ0) is 22.1. The topological polar surface area (TPSA) is 76.3 Å². The van der Waals surface area contributed by atoms with Gasteiger partial charge in [-0.15, -0.1) is 0 Å². The van der Waals surface area contributed by atoms with Crippen LogP contribution >= 0.6 is 11.3 Å². The summed E-state index contributed by atoms with van der Waals surface area (Å²) in [6.07, 6.45) is 3.75. The molecule has 2 aromatic carbocycles. The molecule has 0 spiro atoms. The van der Waals surface area contributed by atoms with Gasteiger partial charge in [0.15, 0.2) is 5.13 Å². The molecule has 0 aliphatic carbocycles. The number of hydrogen-bond acceptors (Lipinski definition) is 6. The van der Waals surface area contributed by atoms with Crippen LogP contribution in [-0.2, 0) is 13.0 Å². The minimum Gasteiger partial charge on any atom is -0.463 e. The molecule has 0 N–H and O–H groups in total. The first-order valence-electron chi connectivity index (χ1n) is 10.3. The van der Waals surface area contributed by atoms with E-state index in [2.05, 4.69) is 11.9 Å². The summed E-state index contributed by atoms with van der Waals surface area (Å²) in [6, 6.07) is 18.4. The average molecular weight is 442 g/mol. The quantitative estimate of drug-likeness (QED) is 0.374. The van der Waals surface area contributed by atoms with Crippen LogP contribution in [0.1, 0.15) is 28.5 Å². The van der Waals surface area contributed by atoms with Crippen molar-refractivity contribution in [2.75, 3.05) is 4.90 Å². The number of anilines is 1. The molecule has 0 unspecified atom stereocenters. The van der Waals surface area contributed by atoms with E-state index >= 15 is 0 Å². The average Bonchev–Trinajstić information content (AvgIpc) is 3.27. The van der Waals surface area contributed by atoms with Gasteiger partial charge >= 0.3 is 0 Å². The molecule has 0 saturated carbocycles. The zero-order valence-electron chi connectivity index (χ0n) is 17.3. The van der Waals surface area contributed by atoms with Crippen molar-refractivity contribution in [3.63, 3.8) is 0 Å². The van der Waals surface area contributed by atoms with Crippen LogP contribution in [0, 0.1) is 0 Å². The Morgan fingerprint density at radius 1 is 1.06 bits per heavy atom. The molecule has 6 nitrogen and oxygen atoms in total. The van der Waals surface area contributed by atoms with Crippen LogP contribution in [0.3, 0.4) is 0 Å². The minimum absolute atomic E-state index is 0.0328. The first-order chi connectivity index (χ1) is 15.7. The first kappa shape index (κ1) is 20.1. The summed E-state index contributed by atoms with van der Waals surface area (Å²) in [5.41, 5.74) is 2.73. The second-order valence-electron chi connectivity index (χ2n) is 7.30. The minimum atomic E-state index is -0.465. The van der Waals surface area contributed by atoms with Gasteiger partial charge in [-0.05, 0) is 42.3 Å². The van der Waals surface area contributed by atoms with E-state index in [4.69, 9.17) is 9.40 Å². The van der Waals surface area contributed by atoms with Crippen molar-refractivity contribution < 1.29 is 9.21 Å². The highest BCUT2D eigenvalue weighted by atomic mass is 32.1. The fourth-order valence-corrected chi connectivity index (χ4v) is 4.66. The van der Waals surface area contributed by atoms with Crippen molar-refractivity contribution in [3.05, 3.63) is 100 Å². The van der Waals surface area contributed by atoms with Crippen molar-refractivity contribution in [3.8, 4) is 0 Å². The lowest BCUT2D eigenvalue weighted by molar-refractivity contribution is 0.0982. The van der Waals surface area contributed by atoms with Gasteiger partial charge in [-0.2, -0.15) is 0 Å². The summed E-state index contributed by atoms with van der Waals surface area (Å²) in [4.78, 5) is 37.4. The summed E-state index contributed by atoms with van der Waals surface area (Å²) < 4.78 is 6.59. The van der Waals surface area contributed by atoms with Crippen molar-refractivity contribution in [1.29, 1.82) is 0 Å². The molecule has 5 rings (SSSR count). The maximum Gasteiger partial charge on any atom is 0.267 e. The van der Waals surface area contributed by atoms with Crippen molar-refractivity contribution >= 4 is 43.6 Å². The van der Waals surface area contributed by atoms with E-state index in [1.807, 2.05) is 36.4 Å². The molecule has 0 radical (unpaired) electrons. The lowest BCUT2D eigenvalue weighted by Gasteiger charge is -2.19. The highest BCUT2D eigenvalue weighted by molar-refractivity contribution is 7.22. The highest BCUT2D eigenvalue weighted by Gasteiger charge is 2.26. The highest BCUT2D eigenvalue weighted by Crippen LogP contribution is 2.32. The van der Waals surface area contributed by atoms with Crippen LogP contribution in [0.4, 0.5) is 5.13 Å². The Balaban J connectivity index is 1.64. The number of amides is 1. The second-order valence-corrected chi connectivity index (χ2v) is 8.31. The number of fused-ring (bicyclic) bond motifs is 2. The summed E-state index contributed by atoms with van der Waals surface area (Å²) in [7, 11) is 0. The predicted octanol–water partition coefficient (Wildman–Crippen LogP) is 5.21. The van der Waals surface area contributed by atoms with Gasteiger partial charge in [-0.3, -0.25) is 19.5 Å². The Labute approximate surface area is 187 Å². The van der Waals surface area contributed by atoms with Crippen LogP contribution in [-0.4, -0.2) is 15.9 Å². The fraction of sp³-hybridized carbons (Fsp3) is 0.120. The molecular formula is C25H19N3O3S. The Hall–Kier alpha value is -3.84. The third-order valence-electron chi connectivity index (χ3n) is 5.30. The van der Waals surface area contributed by atoms with Crippen molar-refractivity contribution in [2.45, 2.75) is 19.9 Å². The maximum atomic E-state index is 13.7. The Morgan fingerprint density at radius 2 is 1.91 bits per heavy atom. The molecule has 0 aliphatic rings. The summed E-state index contributed by atoms with van der Waals surface area (Å²) >= 11 is 1.42. The lowest BCUT2D eigenvalue weighted by atomic mass is 10.1. The SMILES string of the molecule is CCc1cccc2sc(N(Cc3ccccn3)C(=O)c3coc4ccccc4c3=O)nc12. The molecule has 7 heteroatoms. The van der Waals surface area contributed by atoms with Crippen molar-refractivity contribution in [1.82, 2.24) is 9.97 Å². The van der Waals surface area contributed by atoms with Gasteiger partial charge in [0.25, 0.3) is 5.91 Å². The molecule has 0 bridgehead atoms. The standard InChI is InChI=1S/C25H19N3O3S/c1-2-16-8-7-12-21-22(16)27-25(32-21)28(14-17-9-5-6-13-26-17)24(30)19-15-31-20-11-4-3-10-18(20)23(19)29/h3-13,15H,2,14H2,1H3. The zero-order valence-corrected chi connectivity index (χ0v) is 18.1. The van der Waals surface area contributed by atoms with Gasteiger partial charge in [-0.25, -0.2) is 4.98 Å². The number of carbonyl (C=O) groups excluding carboxylic acids is 1. The lowest BCUT2D eigenvalue weighted by Crippen LogP contribution is -2.34. The number of thiazole rings is 1. The molecule has 1 amide bonds. The number of rotatable bonds is 5. The fourth-order valence-electron chi connectivity index (χ4n) is 3.65. The van der Waals surface area contributed by atoms with E-state index in [9.17, 15) is 9.59 Å². The number of hydrogen-bond donors (Lipinski definition) is 0. The van der Waals surface area contributed by atoms with Gasteiger partial charge in [-0.1, -0.05) is 48.6 Å². The number of aryl methyl sites for hydroxylation is 1. The number of para-hydroxylation sites is 2. The van der Waals surface area contributed by atoms with Gasteiger partial charge in [0.05, 0.1) is 27.8 Å². The molecular weight excluding hydrogens is 422 g/mol. The monoisotopic (exact) mass is 441 g/mol. The normalized spacial score (nSPS) is 11.2. The predicted molar refractivity (Wildman–Crippen MR) is 126 cm³/mol. The van der Waals surface area contributed by atoms with E-state index in [0.29, 0.717) is 21.8 Å². The molecule has 0 saturated heterocycles. The molecule has 158 valence electrons. The van der Waals surface area contributed by atoms with Gasteiger partial charge < -0.3 is 4.42 Å². The Morgan fingerprint density at radius 3 is 2.72 bits per heavy atom. The molecule has 0 atom stereocenters. The van der Waals surface area contributed by atoms with Crippen LogP contribution in [0.5, 0.6) is 0 Å². The van der Waals surface area contributed by atoms with Gasteiger partial charge in [0.2, 0.25) is 5.43 Å². The number of benzene rings is 2. The van der Waals surface area contributed by atoms with Crippen LogP contribution in [0.25, 0.3) is 21.2 Å². The van der Waals surface area contributed by atoms with Crippen molar-refractivity contribution in [2.24, 2.45) is 0 Å². The van der Waals surface area contributed by atoms with E-state index in [0.717, 1.165) is 22.2 Å². The molecule has 5 aromatic rings. The molecule has 0 aliphatic heterocycles. The third kappa shape index (κ3) is 3.56. The molecule has 0 fully saturated rings. The van der Waals surface area contributed by atoms with E-state index in [1.54, 1.807) is 30.5 Å². The Kier molecular flexibility index (Phi) is 5.25. The van der Waals surface area contributed by atoms with E-state index in [-0.39, 0.29) is 17.5 Å². The first-order valence-corrected chi connectivity index (χ1v) is 11.1. The molecule has 32 heavy (non-hydrogen) atoms. The van der Waals surface area contributed by atoms with Crippen LogP contribution < -0.4 is 10.3 Å². The van der Waals surface area contributed by atoms with Crippen LogP contribution in [0.15, 0.2) is 82.3 Å². The van der Waals surface area contributed by atoms with Crippen LogP contribution in [0.2, 0.25) is 0 Å². The Bertz CT molecular complexity index is 1490. The largest absolute Gasteiger partial charge is 0.463 e. The third-order valence-corrected chi connectivity index (χ3v) is 6.35. The number of pyridine rings is 1.